The summed E-state index contributed by atoms with van der Waals surface area (Å²) in [7, 11) is 0. The quantitative estimate of drug-likeness (QED) is 0.814. The van der Waals surface area contributed by atoms with Crippen molar-refractivity contribution in [2.75, 3.05) is 13.1 Å². The number of amides is 1. The molecule has 114 valence electrons. The van der Waals surface area contributed by atoms with Crippen LogP contribution >= 0.6 is 11.3 Å². The number of carbonyl (C=O) groups is 1. The van der Waals surface area contributed by atoms with Crippen LogP contribution in [0.4, 0.5) is 0 Å². The fourth-order valence-corrected chi connectivity index (χ4v) is 2.98. The number of nitrogens with zero attached hydrogens (tertiary/aromatic N) is 2. The molecule has 3 heterocycles. The lowest BCUT2D eigenvalue weighted by molar-refractivity contribution is -0.125. The number of hydrogen-bond acceptors (Lipinski definition) is 4. The smallest absolute Gasteiger partial charge is 0.246 e. The van der Waals surface area contributed by atoms with Crippen LogP contribution in [0.15, 0.2) is 41.9 Å². The van der Waals surface area contributed by atoms with Gasteiger partial charge in [0.2, 0.25) is 11.8 Å². The van der Waals surface area contributed by atoms with E-state index in [-0.39, 0.29) is 12.0 Å². The maximum Gasteiger partial charge on any atom is 0.246 e. The molecule has 0 aromatic carbocycles. The van der Waals surface area contributed by atoms with E-state index in [2.05, 4.69) is 4.98 Å². The van der Waals surface area contributed by atoms with E-state index >= 15 is 0 Å². The van der Waals surface area contributed by atoms with Crippen LogP contribution in [-0.2, 0) is 4.79 Å². The summed E-state index contributed by atoms with van der Waals surface area (Å²) in [4.78, 5) is 19.3. The molecule has 1 saturated heterocycles. The molecule has 1 aliphatic heterocycles. The molecule has 1 unspecified atom stereocenters. The molecule has 1 amide bonds. The first-order chi connectivity index (χ1) is 10.7. The van der Waals surface area contributed by atoms with E-state index < -0.39 is 0 Å². The Bertz CT molecular complexity index is 650. The van der Waals surface area contributed by atoms with Crippen LogP contribution in [0.25, 0.3) is 6.08 Å². The first-order valence-electron chi connectivity index (χ1n) is 7.30. The third-order valence-corrected chi connectivity index (χ3v) is 4.40. The van der Waals surface area contributed by atoms with Gasteiger partial charge in [-0.2, -0.15) is 0 Å². The first-order valence-corrected chi connectivity index (χ1v) is 8.18. The summed E-state index contributed by atoms with van der Waals surface area (Å²) in [6.45, 7) is 3.33. The summed E-state index contributed by atoms with van der Waals surface area (Å²) in [5.74, 6) is 0.662. The van der Waals surface area contributed by atoms with Crippen LogP contribution in [-0.4, -0.2) is 35.0 Å². The van der Waals surface area contributed by atoms with Gasteiger partial charge in [0.1, 0.15) is 6.10 Å². The van der Waals surface area contributed by atoms with Gasteiger partial charge in [0.15, 0.2) is 0 Å². The molecule has 0 spiro atoms. The summed E-state index contributed by atoms with van der Waals surface area (Å²) < 4.78 is 5.83. The third kappa shape index (κ3) is 3.74. The number of likely N-dealkylation sites (tertiary alicyclic amines) is 1. The fourth-order valence-electron chi connectivity index (χ4n) is 2.36. The molecule has 5 heteroatoms. The Morgan fingerprint density at radius 1 is 1.45 bits per heavy atom. The molecule has 0 N–H and O–H groups in total. The van der Waals surface area contributed by atoms with Crippen molar-refractivity contribution in [3.8, 4) is 5.88 Å². The second-order valence-electron chi connectivity index (χ2n) is 5.34. The fraction of sp³-hybridized carbons (Fsp3) is 0.294. The maximum atomic E-state index is 12.2. The van der Waals surface area contributed by atoms with Crippen LogP contribution in [0.3, 0.4) is 0 Å². The molecule has 4 nitrogen and oxygen atoms in total. The van der Waals surface area contributed by atoms with Crippen molar-refractivity contribution in [2.45, 2.75) is 19.4 Å². The van der Waals surface area contributed by atoms with Gasteiger partial charge in [-0.3, -0.25) is 4.79 Å². The molecule has 1 fully saturated rings. The van der Waals surface area contributed by atoms with Crippen molar-refractivity contribution >= 4 is 23.3 Å². The molecule has 0 saturated carbocycles. The van der Waals surface area contributed by atoms with Gasteiger partial charge >= 0.3 is 0 Å². The van der Waals surface area contributed by atoms with Gasteiger partial charge in [-0.05, 0) is 30.0 Å². The molecule has 1 atom stereocenters. The average molecular weight is 314 g/mol. The maximum absolute atomic E-state index is 12.2. The number of aromatic nitrogens is 1. The topological polar surface area (TPSA) is 42.4 Å². The third-order valence-electron chi connectivity index (χ3n) is 3.56. The minimum Gasteiger partial charge on any atom is -0.472 e. The van der Waals surface area contributed by atoms with Gasteiger partial charge in [-0.15, -0.1) is 11.3 Å². The second kappa shape index (κ2) is 6.75. The average Bonchev–Trinajstić information content (AvgIpc) is 3.19. The van der Waals surface area contributed by atoms with Gasteiger partial charge < -0.3 is 9.64 Å². The number of thiophene rings is 1. The highest BCUT2D eigenvalue weighted by atomic mass is 32.1. The number of rotatable bonds is 4. The molecule has 1 aliphatic rings. The Balaban J connectivity index is 1.53. The predicted molar refractivity (Wildman–Crippen MR) is 87.9 cm³/mol. The van der Waals surface area contributed by atoms with Crippen LogP contribution in [0.2, 0.25) is 0 Å². The van der Waals surface area contributed by atoms with E-state index in [0.29, 0.717) is 12.4 Å². The van der Waals surface area contributed by atoms with Crippen molar-refractivity contribution in [2.24, 2.45) is 0 Å². The second-order valence-corrected chi connectivity index (χ2v) is 6.31. The Morgan fingerprint density at radius 2 is 2.36 bits per heavy atom. The molecule has 0 aliphatic carbocycles. The van der Waals surface area contributed by atoms with Crippen molar-refractivity contribution in [1.82, 2.24) is 9.88 Å². The molecule has 3 rings (SSSR count). The Kier molecular flexibility index (Phi) is 4.53. The van der Waals surface area contributed by atoms with Crippen LogP contribution < -0.4 is 4.74 Å². The van der Waals surface area contributed by atoms with Gasteiger partial charge in [-0.25, -0.2) is 4.98 Å². The highest BCUT2D eigenvalue weighted by Crippen LogP contribution is 2.17. The molecule has 2 aromatic heterocycles. The van der Waals surface area contributed by atoms with Crippen molar-refractivity contribution < 1.29 is 9.53 Å². The molecule has 0 radical (unpaired) electrons. The largest absolute Gasteiger partial charge is 0.472 e. The van der Waals surface area contributed by atoms with E-state index in [9.17, 15) is 4.79 Å². The zero-order valence-electron chi connectivity index (χ0n) is 12.4. The van der Waals surface area contributed by atoms with Gasteiger partial charge in [-0.1, -0.05) is 12.1 Å². The van der Waals surface area contributed by atoms with E-state index in [1.54, 1.807) is 23.6 Å². The van der Waals surface area contributed by atoms with E-state index in [0.717, 1.165) is 23.4 Å². The summed E-state index contributed by atoms with van der Waals surface area (Å²) >= 11 is 1.62. The predicted octanol–water partition coefficient (Wildman–Crippen LogP) is 3.14. The lowest BCUT2D eigenvalue weighted by atomic mass is 10.3. The van der Waals surface area contributed by atoms with Crippen LogP contribution in [0.1, 0.15) is 16.9 Å². The number of aryl methyl sites for hydroxylation is 1. The highest BCUT2D eigenvalue weighted by Gasteiger charge is 2.26. The SMILES string of the molecule is Cc1ccc(OC2CCN(C(=O)/C=C/c3cccs3)C2)nc1. The van der Waals surface area contributed by atoms with Gasteiger partial charge in [0.25, 0.3) is 0 Å². The van der Waals surface area contributed by atoms with Crippen molar-refractivity contribution in [3.05, 3.63) is 52.4 Å². The number of ether oxygens (including phenoxy) is 1. The molecule has 0 bridgehead atoms. The number of pyridine rings is 1. The molecular weight excluding hydrogens is 296 g/mol. The summed E-state index contributed by atoms with van der Waals surface area (Å²) in [5, 5.41) is 2.00. The van der Waals surface area contributed by atoms with Crippen molar-refractivity contribution in [3.63, 3.8) is 0 Å². The minimum atomic E-state index is 0.0225. The van der Waals surface area contributed by atoms with Crippen LogP contribution in [0.5, 0.6) is 5.88 Å². The molecule has 22 heavy (non-hydrogen) atoms. The van der Waals surface area contributed by atoms with Crippen molar-refractivity contribution in [1.29, 1.82) is 0 Å². The number of hydrogen-bond donors (Lipinski definition) is 0. The molecule has 2 aromatic rings. The van der Waals surface area contributed by atoms with Gasteiger partial charge in [0.05, 0.1) is 6.54 Å². The Hall–Kier alpha value is -2.14. The summed E-state index contributed by atoms with van der Waals surface area (Å²) in [6, 6.07) is 7.82. The minimum absolute atomic E-state index is 0.0225. The normalized spacial score (nSPS) is 18.0. The lowest BCUT2D eigenvalue weighted by Crippen LogP contribution is -2.29. The van der Waals surface area contributed by atoms with Crippen LogP contribution in [0, 0.1) is 6.92 Å². The summed E-state index contributed by atoms with van der Waals surface area (Å²) in [5.41, 5.74) is 1.11. The monoisotopic (exact) mass is 314 g/mol. The van der Waals surface area contributed by atoms with E-state index in [1.165, 1.54) is 0 Å². The first kappa shape index (κ1) is 14.8. The number of carbonyl (C=O) groups excluding carboxylic acids is 1. The Labute approximate surface area is 134 Å². The summed E-state index contributed by atoms with van der Waals surface area (Å²) in [6.07, 6.45) is 6.15. The lowest BCUT2D eigenvalue weighted by Gasteiger charge is -2.15. The standard InChI is InChI=1S/C17H18N2O2S/c1-13-4-6-16(18-11-13)21-14-8-9-19(12-14)17(20)7-5-15-3-2-10-22-15/h2-7,10-11,14H,8-9,12H2,1H3/b7-5+. The Morgan fingerprint density at radius 3 is 3.09 bits per heavy atom. The van der Waals surface area contributed by atoms with Gasteiger partial charge in [0, 0.05) is 36.2 Å². The zero-order valence-corrected chi connectivity index (χ0v) is 13.3. The van der Waals surface area contributed by atoms with E-state index in [4.69, 9.17) is 4.74 Å². The van der Waals surface area contributed by atoms with E-state index in [1.807, 2.05) is 47.5 Å². The zero-order chi connectivity index (χ0) is 15.4. The highest BCUT2D eigenvalue weighted by molar-refractivity contribution is 7.10. The molecular formula is C17H18N2O2S.